The van der Waals surface area contributed by atoms with Crippen molar-refractivity contribution in [3.05, 3.63) is 35.1 Å². The Kier molecular flexibility index (Phi) is 7.48. The molecule has 0 bridgehead atoms. The number of aryl methyl sites for hydroxylation is 1. The predicted molar refractivity (Wildman–Crippen MR) is 92.9 cm³/mol. The van der Waals surface area contributed by atoms with Crippen LogP contribution in [0.25, 0.3) is 0 Å². The Labute approximate surface area is 138 Å². The summed E-state index contributed by atoms with van der Waals surface area (Å²) in [6.07, 6.45) is 1.73. The molecule has 23 heavy (non-hydrogen) atoms. The smallest absolute Gasteiger partial charge is 0.191 e. The molecule has 1 unspecified atom stereocenters. The van der Waals surface area contributed by atoms with E-state index in [1.807, 2.05) is 19.9 Å². The molecule has 0 aromatic heterocycles. The van der Waals surface area contributed by atoms with Crippen molar-refractivity contribution in [2.24, 2.45) is 4.99 Å². The molecule has 0 aliphatic rings. The molecule has 0 aliphatic heterocycles. The van der Waals surface area contributed by atoms with E-state index >= 15 is 0 Å². The minimum absolute atomic E-state index is 0.0303. The van der Waals surface area contributed by atoms with Crippen LogP contribution >= 0.6 is 0 Å². The first kappa shape index (κ1) is 19.4. The molecule has 0 saturated carbocycles. The van der Waals surface area contributed by atoms with Gasteiger partial charge < -0.3 is 10.6 Å². The van der Waals surface area contributed by atoms with Crippen molar-refractivity contribution < 1.29 is 12.8 Å². The Morgan fingerprint density at radius 2 is 2.09 bits per heavy atom. The van der Waals surface area contributed by atoms with Crippen molar-refractivity contribution in [3.63, 3.8) is 0 Å². The first-order valence-corrected chi connectivity index (χ1v) is 9.75. The van der Waals surface area contributed by atoms with Crippen LogP contribution in [0.3, 0.4) is 0 Å². The van der Waals surface area contributed by atoms with E-state index in [1.165, 1.54) is 12.3 Å². The summed E-state index contributed by atoms with van der Waals surface area (Å²) in [5.74, 6) is 0.482. The number of hydrogen-bond acceptors (Lipinski definition) is 3. The van der Waals surface area contributed by atoms with Crippen LogP contribution in [-0.2, 0) is 16.4 Å². The Morgan fingerprint density at radius 1 is 1.39 bits per heavy atom. The first-order chi connectivity index (χ1) is 10.7. The fourth-order valence-electron chi connectivity index (χ4n) is 1.92. The summed E-state index contributed by atoms with van der Waals surface area (Å²) in [4.78, 5) is 4.42. The SMILES string of the molecule is CCNC(=NCc1ccc(C)c(F)c1)NC(C)CCS(C)(=O)=O. The van der Waals surface area contributed by atoms with E-state index in [-0.39, 0.29) is 17.6 Å². The molecule has 1 rings (SSSR count). The highest BCUT2D eigenvalue weighted by molar-refractivity contribution is 7.90. The Hall–Kier alpha value is -1.63. The summed E-state index contributed by atoms with van der Waals surface area (Å²) in [5.41, 5.74) is 1.39. The second kappa shape index (κ2) is 8.86. The normalized spacial score (nSPS) is 13.7. The molecular weight excluding hydrogens is 317 g/mol. The molecular formula is C16H26FN3O2S. The highest BCUT2D eigenvalue weighted by Gasteiger charge is 2.09. The van der Waals surface area contributed by atoms with Gasteiger partial charge in [0.25, 0.3) is 0 Å². The average molecular weight is 343 g/mol. The molecule has 0 heterocycles. The van der Waals surface area contributed by atoms with Crippen LogP contribution in [0.4, 0.5) is 4.39 Å². The summed E-state index contributed by atoms with van der Waals surface area (Å²) in [7, 11) is -2.97. The topological polar surface area (TPSA) is 70.6 Å². The Morgan fingerprint density at radius 3 is 2.65 bits per heavy atom. The van der Waals surface area contributed by atoms with Crippen molar-refractivity contribution in [3.8, 4) is 0 Å². The van der Waals surface area contributed by atoms with Gasteiger partial charge >= 0.3 is 0 Å². The second-order valence-corrected chi connectivity index (χ2v) is 8.00. The minimum atomic E-state index is -2.97. The number of guanidine groups is 1. The quantitative estimate of drug-likeness (QED) is 0.587. The summed E-state index contributed by atoms with van der Waals surface area (Å²) in [6.45, 7) is 6.61. The van der Waals surface area contributed by atoms with Gasteiger partial charge in [-0.3, -0.25) is 0 Å². The lowest BCUT2D eigenvalue weighted by molar-refractivity contribution is 0.581. The zero-order valence-electron chi connectivity index (χ0n) is 14.2. The van der Waals surface area contributed by atoms with Gasteiger partial charge in [0.2, 0.25) is 0 Å². The lowest BCUT2D eigenvalue weighted by Gasteiger charge is -2.17. The van der Waals surface area contributed by atoms with Crippen LogP contribution in [0.5, 0.6) is 0 Å². The van der Waals surface area contributed by atoms with Crippen LogP contribution < -0.4 is 10.6 Å². The average Bonchev–Trinajstić information content (AvgIpc) is 2.45. The van der Waals surface area contributed by atoms with Gasteiger partial charge in [-0.2, -0.15) is 0 Å². The third kappa shape index (κ3) is 7.97. The Balaban J connectivity index is 2.67. The summed E-state index contributed by atoms with van der Waals surface area (Å²) in [5, 5.41) is 6.27. The van der Waals surface area contributed by atoms with Gasteiger partial charge in [0, 0.05) is 18.8 Å². The second-order valence-electron chi connectivity index (χ2n) is 5.74. The molecule has 1 aromatic rings. The van der Waals surface area contributed by atoms with Crippen LogP contribution in [0.2, 0.25) is 0 Å². The molecule has 130 valence electrons. The molecule has 5 nitrogen and oxygen atoms in total. The standard InChI is InChI=1S/C16H26FN3O2S/c1-5-18-16(20-13(3)8-9-23(4,21)22)19-11-14-7-6-12(2)15(17)10-14/h6-7,10,13H,5,8-9,11H2,1-4H3,(H2,18,19,20). The number of benzene rings is 1. The Bertz CT molecular complexity index is 645. The molecule has 2 N–H and O–H groups in total. The van der Waals surface area contributed by atoms with Crippen molar-refractivity contribution in [1.29, 1.82) is 0 Å². The van der Waals surface area contributed by atoms with Gasteiger partial charge in [0.1, 0.15) is 15.7 Å². The molecule has 1 atom stereocenters. The lowest BCUT2D eigenvalue weighted by atomic mass is 10.1. The summed E-state index contributed by atoms with van der Waals surface area (Å²) < 4.78 is 36.0. The number of hydrogen-bond donors (Lipinski definition) is 2. The van der Waals surface area contributed by atoms with Crippen LogP contribution in [0, 0.1) is 12.7 Å². The van der Waals surface area contributed by atoms with E-state index in [1.54, 1.807) is 13.0 Å². The van der Waals surface area contributed by atoms with Crippen molar-refractivity contribution in [1.82, 2.24) is 10.6 Å². The van der Waals surface area contributed by atoms with Gasteiger partial charge in [0.15, 0.2) is 5.96 Å². The maximum absolute atomic E-state index is 13.5. The van der Waals surface area contributed by atoms with Crippen molar-refractivity contribution >= 4 is 15.8 Å². The van der Waals surface area contributed by atoms with Gasteiger partial charge in [-0.25, -0.2) is 17.8 Å². The number of sulfone groups is 1. The largest absolute Gasteiger partial charge is 0.357 e. The molecule has 0 spiro atoms. The van der Waals surface area contributed by atoms with Crippen LogP contribution in [0.1, 0.15) is 31.4 Å². The predicted octanol–water partition coefficient (Wildman–Crippen LogP) is 2.01. The fourth-order valence-corrected chi connectivity index (χ4v) is 2.70. The number of nitrogens with zero attached hydrogens (tertiary/aromatic N) is 1. The number of aliphatic imine (C=N–C) groups is 1. The zero-order valence-corrected chi connectivity index (χ0v) is 15.0. The highest BCUT2D eigenvalue weighted by Crippen LogP contribution is 2.10. The van der Waals surface area contributed by atoms with E-state index in [9.17, 15) is 12.8 Å². The lowest BCUT2D eigenvalue weighted by Crippen LogP contribution is -2.42. The number of rotatable bonds is 7. The van der Waals surface area contributed by atoms with E-state index in [0.717, 1.165) is 5.56 Å². The van der Waals surface area contributed by atoms with Crippen molar-refractivity contribution in [2.45, 2.75) is 39.8 Å². The monoisotopic (exact) mass is 343 g/mol. The zero-order chi connectivity index (χ0) is 17.5. The summed E-state index contributed by atoms with van der Waals surface area (Å²) >= 11 is 0. The van der Waals surface area contributed by atoms with Crippen LogP contribution in [-0.4, -0.2) is 39.0 Å². The summed E-state index contributed by atoms with van der Waals surface area (Å²) in [6, 6.07) is 5.03. The van der Waals surface area contributed by atoms with E-state index in [2.05, 4.69) is 15.6 Å². The third-order valence-corrected chi connectivity index (χ3v) is 4.28. The molecule has 0 saturated heterocycles. The van der Waals surface area contributed by atoms with Crippen molar-refractivity contribution in [2.75, 3.05) is 18.6 Å². The van der Waals surface area contributed by atoms with Gasteiger partial charge in [-0.05, 0) is 44.4 Å². The molecule has 0 aliphatic carbocycles. The van der Waals surface area contributed by atoms with Gasteiger partial charge in [-0.15, -0.1) is 0 Å². The van der Waals surface area contributed by atoms with Crippen LogP contribution in [0.15, 0.2) is 23.2 Å². The number of halogens is 1. The van der Waals surface area contributed by atoms with E-state index in [4.69, 9.17) is 0 Å². The number of nitrogens with one attached hydrogen (secondary N) is 2. The molecule has 0 radical (unpaired) electrons. The maximum atomic E-state index is 13.5. The van der Waals surface area contributed by atoms with Gasteiger partial charge in [0.05, 0.1) is 12.3 Å². The van der Waals surface area contributed by atoms with E-state index < -0.39 is 9.84 Å². The molecule has 0 fully saturated rings. The van der Waals surface area contributed by atoms with Gasteiger partial charge in [-0.1, -0.05) is 12.1 Å². The third-order valence-electron chi connectivity index (χ3n) is 3.30. The minimum Gasteiger partial charge on any atom is -0.357 e. The molecule has 1 aromatic carbocycles. The molecule has 7 heteroatoms. The first-order valence-electron chi connectivity index (χ1n) is 7.69. The molecule has 0 amide bonds. The highest BCUT2D eigenvalue weighted by atomic mass is 32.2. The van der Waals surface area contributed by atoms with E-state index in [0.29, 0.717) is 31.0 Å². The maximum Gasteiger partial charge on any atom is 0.191 e. The fraction of sp³-hybridized carbons (Fsp3) is 0.562.